The summed E-state index contributed by atoms with van der Waals surface area (Å²) in [6.07, 6.45) is 3.68. The fourth-order valence-electron chi connectivity index (χ4n) is 1.09. The first-order valence-corrected chi connectivity index (χ1v) is 4.37. The fraction of sp³-hybridized carbons (Fsp3) is 0. The van der Waals surface area contributed by atoms with Crippen molar-refractivity contribution in [2.45, 2.75) is 0 Å². The van der Waals surface area contributed by atoms with Gasteiger partial charge in [-0.15, -0.1) is 0 Å². The average Bonchev–Trinajstić information content (AvgIpc) is 2.30. The summed E-state index contributed by atoms with van der Waals surface area (Å²) in [6.45, 7) is 0. The van der Waals surface area contributed by atoms with Crippen molar-refractivity contribution in [1.29, 1.82) is 0 Å². The van der Waals surface area contributed by atoms with Crippen molar-refractivity contribution in [2.24, 2.45) is 0 Å². The number of aromatic nitrogens is 3. The molecule has 0 aliphatic carbocycles. The smallest absolute Gasteiger partial charge is 0.338 e. The van der Waals surface area contributed by atoms with Gasteiger partial charge in [-0.1, -0.05) is 0 Å². The summed E-state index contributed by atoms with van der Waals surface area (Å²) < 4.78 is 0. The van der Waals surface area contributed by atoms with Crippen LogP contribution in [0.2, 0.25) is 0 Å². The molecule has 0 amide bonds. The molecule has 0 unspecified atom stereocenters. The Morgan fingerprint density at radius 1 is 1.06 bits per heavy atom. The summed E-state index contributed by atoms with van der Waals surface area (Å²) in [4.78, 5) is 22.2. The molecule has 0 saturated heterocycles. The van der Waals surface area contributed by atoms with Gasteiger partial charge >= 0.3 is 5.97 Å². The Balaban J connectivity index is 2.34. The number of nitrogens with zero attached hydrogens (tertiary/aromatic N) is 3. The van der Waals surface area contributed by atoms with Gasteiger partial charge in [-0.25, -0.2) is 19.7 Å². The van der Waals surface area contributed by atoms with Crippen LogP contribution in [0, 0.1) is 0 Å². The van der Waals surface area contributed by atoms with Gasteiger partial charge in [-0.3, -0.25) is 0 Å². The zero-order valence-corrected chi connectivity index (χ0v) is 8.03. The molecule has 6 nitrogen and oxygen atoms in total. The number of carboxylic acids is 1. The van der Waals surface area contributed by atoms with E-state index in [1.165, 1.54) is 24.7 Å². The molecule has 0 radical (unpaired) electrons. The van der Waals surface area contributed by atoms with Gasteiger partial charge in [0.1, 0.15) is 11.4 Å². The molecule has 0 spiro atoms. The van der Waals surface area contributed by atoms with Crippen LogP contribution in [-0.4, -0.2) is 31.1 Å². The van der Waals surface area contributed by atoms with E-state index in [4.69, 9.17) is 10.2 Å². The number of rotatable bonds is 2. The first-order valence-electron chi connectivity index (χ1n) is 4.37. The highest BCUT2D eigenvalue weighted by atomic mass is 16.4. The molecule has 0 atom stereocenters. The summed E-state index contributed by atoms with van der Waals surface area (Å²) in [5.74, 6) is -0.721. The Bertz CT molecular complexity index is 508. The molecule has 80 valence electrons. The Morgan fingerprint density at radius 2 is 1.75 bits per heavy atom. The van der Waals surface area contributed by atoms with Gasteiger partial charge in [-0.2, -0.15) is 0 Å². The second-order valence-electron chi connectivity index (χ2n) is 3.00. The average molecular weight is 217 g/mol. The third-order valence-electron chi connectivity index (χ3n) is 1.88. The van der Waals surface area contributed by atoms with Crippen LogP contribution in [0.25, 0.3) is 11.5 Å². The molecule has 2 rings (SSSR count). The Labute approximate surface area is 90.3 Å². The lowest BCUT2D eigenvalue weighted by Gasteiger charge is -1.99. The Morgan fingerprint density at radius 3 is 2.25 bits per heavy atom. The van der Waals surface area contributed by atoms with E-state index in [0.29, 0.717) is 11.5 Å². The standard InChI is InChI=1S/C10H7N3O3/c14-7-1-2-8(11-5-7)9-12-3-6(4-13-9)10(15)16/h1-5,14H,(H,15,16). The minimum absolute atomic E-state index is 0.0162. The molecular weight excluding hydrogens is 210 g/mol. The monoisotopic (exact) mass is 217 g/mol. The van der Waals surface area contributed by atoms with Gasteiger partial charge in [0.2, 0.25) is 0 Å². The largest absolute Gasteiger partial charge is 0.506 e. The van der Waals surface area contributed by atoms with Crippen LogP contribution in [0.3, 0.4) is 0 Å². The summed E-state index contributed by atoms with van der Waals surface area (Å²) >= 11 is 0. The van der Waals surface area contributed by atoms with Crippen LogP contribution in [0.1, 0.15) is 10.4 Å². The SMILES string of the molecule is O=C(O)c1cnc(-c2ccc(O)cn2)nc1. The molecule has 0 aliphatic rings. The van der Waals surface area contributed by atoms with Crippen molar-refractivity contribution < 1.29 is 15.0 Å². The summed E-state index contributed by atoms with van der Waals surface area (Å²) in [6, 6.07) is 3.00. The molecular formula is C10H7N3O3. The van der Waals surface area contributed by atoms with Crippen LogP contribution in [-0.2, 0) is 0 Å². The van der Waals surface area contributed by atoms with Gasteiger partial charge in [0.05, 0.1) is 11.8 Å². The normalized spacial score (nSPS) is 10.0. The van der Waals surface area contributed by atoms with Crippen LogP contribution in [0.5, 0.6) is 5.75 Å². The first kappa shape index (κ1) is 10.0. The molecule has 0 fully saturated rings. The molecule has 16 heavy (non-hydrogen) atoms. The van der Waals surface area contributed by atoms with E-state index in [2.05, 4.69) is 15.0 Å². The topological polar surface area (TPSA) is 96.2 Å². The van der Waals surface area contributed by atoms with E-state index in [9.17, 15) is 4.79 Å². The number of aromatic carboxylic acids is 1. The second kappa shape index (κ2) is 3.93. The highest BCUT2D eigenvalue weighted by Gasteiger charge is 2.06. The van der Waals surface area contributed by atoms with Crippen LogP contribution in [0.15, 0.2) is 30.7 Å². The Hall–Kier alpha value is -2.50. The molecule has 2 N–H and O–H groups in total. The molecule has 2 heterocycles. The number of carbonyl (C=O) groups is 1. The van der Waals surface area contributed by atoms with Crippen molar-refractivity contribution in [3.63, 3.8) is 0 Å². The van der Waals surface area contributed by atoms with Crippen LogP contribution < -0.4 is 0 Å². The van der Waals surface area contributed by atoms with Gasteiger partial charge in [0, 0.05) is 12.4 Å². The first-order chi connectivity index (χ1) is 7.66. The molecule has 2 aromatic heterocycles. The van der Waals surface area contributed by atoms with E-state index >= 15 is 0 Å². The second-order valence-corrected chi connectivity index (χ2v) is 3.00. The molecule has 0 aliphatic heterocycles. The maximum absolute atomic E-state index is 10.6. The third kappa shape index (κ3) is 1.95. The quantitative estimate of drug-likeness (QED) is 0.777. The number of carboxylic acid groups (broad SMARTS) is 1. The van der Waals surface area contributed by atoms with Gasteiger partial charge in [0.15, 0.2) is 5.82 Å². The number of hydrogen-bond acceptors (Lipinski definition) is 5. The molecule has 0 aromatic carbocycles. The summed E-state index contributed by atoms with van der Waals surface area (Å²) in [5.41, 5.74) is 0.484. The molecule has 0 bridgehead atoms. The summed E-state index contributed by atoms with van der Waals surface area (Å²) in [5, 5.41) is 17.7. The van der Waals surface area contributed by atoms with E-state index in [1.54, 1.807) is 6.07 Å². The zero-order valence-electron chi connectivity index (χ0n) is 8.03. The summed E-state index contributed by atoms with van der Waals surface area (Å²) in [7, 11) is 0. The predicted octanol–water partition coefficient (Wildman–Crippen LogP) is 0.942. The van der Waals surface area contributed by atoms with Gasteiger partial charge in [-0.05, 0) is 12.1 Å². The minimum Gasteiger partial charge on any atom is -0.506 e. The highest BCUT2D eigenvalue weighted by Crippen LogP contribution is 2.14. The molecule has 0 saturated carbocycles. The maximum atomic E-state index is 10.6. The zero-order chi connectivity index (χ0) is 11.5. The minimum atomic E-state index is -1.08. The van der Waals surface area contributed by atoms with Crippen LogP contribution in [0.4, 0.5) is 0 Å². The number of pyridine rings is 1. The van der Waals surface area contributed by atoms with E-state index in [0.717, 1.165) is 0 Å². The van der Waals surface area contributed by atoms with Crippen molar-refractivity contribution >= 4 is 5.97 Å². The van der Waals surface area contributed by atoms with Crippen LogP contribution >= 0.6 is 0 Å². The predicted molar refractivity (Wildman–Crippen MR) is 53.9 cm³/mol. The molecule has 6 heteroatoms. The van der Waals surface area contributed by atoms with Crippen molar-refractivity contribution in [1.82, 2.24) is 15.0 Å². The highest BCUT2D eigenvalue weighted by molar-refractivity contribution is 5.86. The van der Waals surface area contributed by atoms with E-state index < -0.39 is 5.97 Å². The number of aromatic hydroxyl groups is 1. The van der Waals surface area contributed by atoms with Gasteiger partial charge in [0.25, 0.3) is 0 Å². The van der Waals surface area contributed by atoms with Gasteiger partial charge < -0.3 is 10.2 Å². The Kier molecular flexibility index (Phi) is 2.47. The van der Waals surface area contributed by atoms with Crippen molar-refractivity contribution in [2.75, 3.05) is 0 Å². The van der Waals surface area contributed by atoms with E-state index in [1.807, 2.05) is 0 Å². The maximum Gasteiger partial charge on any atom is 0.338 e. The number of hydrogen-bond donors (Lipinski definition) is 2. The van der Waals surface area contributed by atoms with E-state index in [-0.39, 0.29) is 11.3 Å². The van der Waals surface area contributed by atoms with Crippen molar-refractivity contribution in [3.8, 4) is 17.3 Å². The lowest BCUT2D eigenvalue weighted by Crippen LogP contribution is -1.99. The lowest BCUT2D eigenvalue weighted by atomic mass is 10.3. The lowest BCUT2D eigenvalue weighted by molar-refractivity contribution is 0.0696. The third-order valence-corrected chi connectivity index (χ3v) is 1.88. The van der Waals surface area contributed by atoms with Crippen molar-refractivity contribution in [3.05, 3.63) is 36.3 Å². The molecule has 2 aromatic rings. The fourth-order valence-corrected chi connectivity index (χ4v) is 1.09.